The van der Waals surface area contributed by atoms with Crippen molar-refractivity contribution < 1.29 is 22.4 Å². The molecule has 2 aromatic rings. The molecule has 154 valence electrons. The third-order valence-corrected chi connectivity index (χ3v) is 6.45. The van der Waals surface area contributed by atoms with Crippen LogP contribution in [0.25, 0.3) is 0 Å². The van der Waals surface area contributed by atoms with Gasteiger partial charge >= 0.3 is 0 Å². The molecule has 29 heavy (non-hydrogen) atoms. The Morgan fingerprint density at radius 3 is 2.34 bits per heavy atom. The minimum absolute atomic E-state index is 0.0392. The molecule has 0 saturated heterocycles. The molecule has 1 heterocycles. The minimum Gasteiger partial charge on any atom is -0.359 e. The lowest BCUT2D eigenvalue weighted by atomic mass is 10.2. The van der Waals surface area contributed by atoms with Crippen molar-refractivity contribution in [3.05, 3.63) is 59.9 Å². The number of hydrogen-bond donors (Lipinski definition) is 2. The molecule has 1 atom stereocenters. The normalized spacial score (nSPS) is 16.3. The van der Waals surface area contributed by atoms with Crippen LogP contribution in [-0.4, -0.2) is 41.0 Å². The van der Waals surface area contributed by atoms with Crippen LogP contribution in [0.4, 0.5) is 10.1 Å². The SMILES string of the molecule is O=C(CN1C(=O)c2ccccc2S1(=O)=O)NC(Nc1ccccc1F)C(Cl)(Cl)Cl. The quantitative estimate of drug-likeness (QED) is 0.507. The zero-order valence-electron chi connectivity index (χ0n) is 14.4. The van der Waals surface area contributed by atoms with E-state index in [0.29, 0.717) is 4.31 Å². The molecule has 2 aromatic carbocycles. The van der Waals surface area contributed by atoms with Crippen molar-refractivity contribution in [2.24, 2.45) is 0 Å². The lowest BCUT2D eigenvalue weighted by molar-refractivity contribution is -0.121. The highest BCUT2D eigenvalue weighted by Crippen LogP contribution is 2.32. The van der Waals surface area contributed by atoms with Gasteiger partial charge in [0.2, 0.25) is 9.70 Å². The maximum atomic E-state index is 13.9. The molecule has 12 heteroatoms. The Balaban J connectivity index is 1.78. The Hall–Kier alpha value is -2.07. The molecule has 2 N–H and O–H groups in total. The van der Waals surface area contributed by atoms with Gasteiger partial charge in [-0.2, -0.15) is 0 Å². The maximum absolute atomic E-state index is 13.9. The summed E-state index contributed by atoms with van der Waals surface area (Å²) in [5.74, 6) is -2.44. The standard InChI is InChI=1S/C17H13Cl3FN3O4S/c18-17(19,20)16(22-12-7-3-2-6-11(12)21)23-14(25)9-24-15(26)10-5-1-4-8-13(10)29(24,27)28/h1-8,16,22H,9H2,(H,23,25). The number of para-hydroxylation sites is 1. The summed E-state index contributed by atoms with van der Waals surface area (Å²) in [6.45, 7) is -0.841. The molecule has 7 nitrogen and oxygen atoms in total. The predicted molar refractivity (Wildman–Crippen MR) is 107 cm³/mol. The van der Waals surface area contributed by atoms with Gasteiger partial charge in [-0.1, -0.05) is 59.1 Å². The van der Waals surface area contributed by atoms with E-state index in [1.54, 1.807) is 0 Å². The van der Waals surface area contributed by atoms with Gasteiger partial charge in [-0.3, -0.25) is 9.59 Å². The third-order valence-electron chi connectivity index (χ3n) is 4.01. The lowest BCUT2D eigenvalue weighted by Crippen LogP contribution is -2.52. The third kappa shape index (κ3) is 4.42. The number of carbonyl (C=O) groups excluding carboxylic acids is 2. The first-order valence-corrected chi connectivity index (χ1v) is 10.6. The number of nitrogens with zero attached hydrogens (tertiary/aromatic N) is 1. The van der Waals surface area contributed by atoms with Gasteiger partial charge in [-0.15, -0.1) is 0 Å². The molecular weight excluding hydrogens is 468 g/mol. The summed E-state index contributed by atoms with van der Waals surface area (Å²) in [6, 6.07) is 11.1. The summed E-state index contributed by atoms with van der Waals surface area (Å²) in [5, 5.41) is 4.81. The number of amides is 2. The molecule has 0 aromatic heterocycles. The molecule has 0 radical (unpaired) electrons. The number of benzene rings is 2. The van der Waals surface area contributed by atoms with Gasteiger partial charge in [-0.25, -0.2) is 17.1 Å². The number of anilines is 1. The number of carbonyl (C=O) groups is 2. The number of hydrogen-bond acceptors (Lipinski definition) is 5. The molecule has 0 fully saturated rings. The topological polar surface area (TPSA) is 95.6 Å². The molecule has 1 aliphatic heterocycles. The molecule has 2 amide bonds. The second kappa shape index (κ2) is 7.98. The average molecular weight is 481 g/mol. The molecular formula is C17H13Cl3FN3O4S. The average Bonchev–Trinajstić information content (AvgIpc) is 2.83. The summed E-state index contributed by atoms with van der Waals surface area (Å²) in [6.07, 6.45) is -1.42. The van der Waals surface area contributed by atoms with Crippen LogP contribution >= 0.6 is 34.8 Å². The molecule has 0 spiro atoms. The first-order valence-electron chi connectivity index (χ1n) is 8.05. The van der Waals surface area contributed by atoms with E-state index in [1.807, 2.05) is 0 Å². The van der Waals surface area contributed by atoms with Crippen LogP contribution in [-0.2, 0) is 14.8 Å². The van der Waals surface area contributed by atoms with Gasteiger partial charge in [0.1, 0.15) is 23.4 Å². The van der Waals surface area contributed by atoms with E-state index in [0.717, 1.165) is 6.07 Å². The second-order valence-corrected chi connectivity index (χ2v) is 10.2. The first kappa shape index (κ1) is 21.6. The van der Waals surface area contributed by atoms with Crippen LogP contribution in [0.2, 0.25) is 0 Å². The Bertz CT molecular complexity index is 1080. The first-order chi connectivity index (χ1) is 13.5. The number of sulfonamides is 1. The highest BCUT2D eigenvalue weighted by Gasteiger charge is 2.43. The van der Waals surface area contributed by atoms with E-state index in [1.165, 1.54) is 42.5 Å². The zero-order chi connectivity index (χ0) is 21.4. The maximum Gasteiger partial charge on any atom is 0.269 e. The Morgan fingerprint density at radius 2 is 1.72 bits per heavy atom. The molecule has 3 rings (SSSR count). The van der Waals surface area contributed by atoms with Crippen molar-refractivity contribution in [3.8, 4) is 0 Å². The smallest absolute Gasteiger partial charge is 0.269 e. The highest BCUT2D eigenvalue weighted by atomic mass is 35.6. The number of fused-ring (bicyclic) bond motifs is 1. The second-order valence-electron chi connectivity index (χ2n) is 5.98. The lowest BCUT2D eigenvalue weighted by Gasteiger charge is -2.28. The van der Waals surface area contributed by atoms with E-state index in [4.69, 9.17) is 34.8 Å². The van der Waals surface area contributed by atoms with Crippen LogP contribution in [0.1, 0.15) is 10.4 Å². The summed E-state index contributed by atoms with van der Waals surface area (Å²) >= 11 is 17.6. The van der Waals surface area contributed by atoms with Crippen molar-refractivity contribution in [2.75, 3.05) is 11.9 Å². The summed E-state index contributed by atoms with van der Waals surface area (Å²) < 4.78 is 37.2. The molecule has 1 aliphatic rings. The van der Waals surface area contributed by atoms with Crippen LogP contribution in [0.15, 0.2) is 53.4 Å². The van der Waals surface area contributed by atoms with Crippen LogP contribution in [0.5, 0.6) is 0 Å². The predicted octanol–water partition coefficient (Wildman–Crippen LogP) is 2.89. The Kier molecular flexibility index (Phi) is 5.96. The van der Waals surface area contributed by atoms with E-state index >= 15 is 0 Å². The Labute approximate surface area is 180 Å². The number of halogens is 4. The summed E-state index contributed by atoms with van der Waals surface area (Å²) in [5.41, 5.74) is -0.0934. The summed E-state index contributed by atoms with van der Waals surface area (Å²) in [4.78, 5) is 24.6. The highest BCUT2D eigenvalue weighted by molar-refractivity contribution is 7.90. The number of rotatable bonds is 5. The van der Waals surface area contributed by atoms with Crippen molar-refractivity contribution in [3.63, 3.8) is 0 Å². The van der Waals surface area contributed by atoms with Gasteiger partial charge in [0, 0.05) is 0 Å². The van der Waals surface area contributed by atoms with Gasteiger partial charge in [0.15, 0.2) is 0 Å². The van der Waals surface area contributed by atoms with Crippen LogP contribution in [0.3, 0.4) is 0 Å². The monoisotopic (exact) mass is 479 g/mol. The Morgan fingerprint density at radius 1 is 1.10 bits per heavy atom. The summed E-state index contributed by atoms with van der Waals surface area (Å²) in [7, 11) is -4.18. The number of alkyl halides is 3. The van der Waals surface area contributed by atoms with Crippen molar-refractivity contribution in [1.82, 2.24) is 9.62 Å². The zero-order valence-corrected chi connectivity index (χ0v) is 17.5. The molecule has 0 saturated carbocycles. The van der Waals surface area contributed by atoms with E-state index in [9.17, 15) is 22.4 Å². The van der Waals surface area contributed by atoms with Gasteiger partial charge in [0.05, 0.1) is 11.3 Å². The van der Waals surface area contributed by atoms with Crippen molar-refractivity contribution in [2.45, 2.75) is 14.9 Å². The van der Waals surface area contributed by atoms with Gasteiger partial charge in [0.25, 0.3) is 15.9 Å². The fourth-order valence-electron chi connectivity index (χ4n) is 2.66. The molecule has 0 bridgehead atoms. The van der Waals surface area contributed by atoms with E-state index in [2.05, 4.69) is 10.6 Å². The van der Waals surface area contributed by atoms with Gasteiger partial charge < -0.3 is 10.6 Å². The fourth-order valence-corrected chi connectivity index (χ4v) is 4.51. The minimum atomic E-state index is -4.18. The largest absolute Gasteiger partial charge is 0.359 e. The van der Waals surface area contributed by atoms with Crippen LogP contribution in [0, 0.1) is 5.82 Å². The van der Waals surface area contributed by atoms with Crippen molar-refractivity contribution in [1.29, 1.82) is 0 Å². The fraction of sp³-hybridized carbons (Fsp3) is 0.176. The van der Waals surface area contributed by atoms with E-state index in [-0.39, 0.29) is 16.1 Å². The van der Waals surface area contributed by atoms with E-state index < -0.39 is 44.2 Å². The van der Waals surface area contributed by atoms with Gasteiger partial charge in [-0.05, 0) is 24.3 Å². The number of nitrogens with one attached hydrogen (secondary N) is 2. The molecule has 1 unspecified atom stereocenters. The van der Waals surface area contributed by atoms with Crippen molar-refractivity contribution >= 4 is 62.3 Å². The van der Waals surface area contributed by atoms with Crippen LogP contribution < -0.4 is 10.6 Å². The molecule has 0 aliphatic carbocycles.